The molecule has 92 valence electrons. The fourth-order valence-electron chi connectivity index (χ4n) is 2.91. The lowest BCUT2D eigenvalue weighted by atomic mass is 9.68. The minimum Gasteiger partial charge on any atom is -0.299 e. The molecule has 0 amide bonds. The fraction of sp³-hybridized carbons (Fsp3) is 0.500. The molecular weight excluding hydrogens is 206 g/mol. The predicted molar refractivity (Wildman–Crippen MR) is 74.2 cm³/mol. The first-order chi connectivity index (χ1) is 8.16. The van der Waals surface area contributed by atoms with Crippen molar-refractivity contribution in [2.75, 3.05) is 19.6 Å². The van der Waals surface area contributed by atoms with Crippen LogP contribution in [0.4, 0.5) is 0 Å². The van der Waals surface area contributed by atoms with Gasteiger partial charge in [0, 0.05) is 13.1 Å². The van der Waals surface area contributed by atoms with Crippen LogP contribution in [0.3, 0.4) is 0 Å². The third kappa shape index (κ3) is 2.44. The number of rotatable bonds is 3. The monoisotopic (exact) mass is 229 g/mol. The molecule has 1 aromatic carbocycles. The number of benzene rings is 1. The van der Waals surface area contributed by atoms with E-state index in [4.69, 9.17) is 0 Å². The van der Waals surface area contributed by atoms with Crippen LogP contribution in [0.25, 0.3) is 0 Å². The lowest BCUT2D eigenvalue weighted by molar-refractivity contribution is 0.121. The van der Waals surface area contributed by atoms with Gasteiger partial charge in [-0.3, -0.25) is 4.90 Å². The normalized spacial score (nSPS) is 30.1. The molecule has 1 saturated heterocycles. The van der Waals surface area contributed by atoms with Crippen molar-refractivity contribution in [3.8, 4) is 0 Å². The van der Waals surface area contributed by atoms with E-state index in [9.17, 15) is 0 Å². The van der Waals surface area contributed by atoms with Crippen molar-refractivity contribution in [2.24, 2.45) is 5.92 Å². The highest BCUT2D eigenvalue weighted by Gasteiger charge is 2.37. The van der Waals surface area contributed by atoms with Crippen LogP contribution in [-0.4, -0.2) is 24.5 Å². The summed E-state index contributed by atoms with van der Waals surface area (Å²) in [6, 6.07) is 11.0. The van der Waals surface area contributed by atoms with E-state index < -0.39 is 0 Å². The minimum atomic E-state index is 0.332. The number of nitrogens with zero attached hydrogens (tertiary/aromatic N) is 1. The quantitative estimate of drug-likeness (QED) is 0.717. The molecule has 1 heteroatoms. The third-order valence-corrected chi connectivity index (χ3v) is 4.39. The summed E-state index contributed by atoms with van der Waals surface area (Å²) in [6.45, 7) is 12.0. The maximum atomic E-state index is 3.83. The molecule has 1 fully saturated rings. The Morgan fingerprint density at radius 3 is 2.71 bits per heavy atom. The average molecular weight is 229 g/mol. The Balaban J connectivity index is 2.15. The molecule has 0 unspecified atom stereocenters. The Kier molecular flexibility index (Phi) is 3.68. The van der Waals surface area contributed by atoms with Gasteiger partial charge in [0.1, 0.15) is 0 Å². The second-order valence-electron chi connectivity index (χ2n) is 5.48. The summed E-state index contributed by atoms with van der Waals surface area (Å²) in [5.74, 6) is 0.693. The summed E-state index contributed by atoms with van der Waals surface area (Å²) in [4.78, 5) is 2.50. The van der Waals surface area contributed by atoms with Gasteiger partial charge in [-0.1, -0.05) is 50.3 Å². The van der Waals surface area contributed by atoms with Crippen molar-refractivity contribution in [1.29, 1.82) is 0 Å². The Bertz CT molecular complexity index is 370. The largest absolute Gasteiger partial charge is 0.299 e. The Labute approximate surface area is 105 Å². The summed E-state index contributed by atoms with van der Waals surface area (Å²) in [5.41, 5.74) is 1.82. The van der Waals surface area contributed by atoms with Crippen LogP contribution in [0.1, 0.15) is 25.8 Å². The van der Waals surface area contributed by atoms with Crippen LogP contribution >= 0.6 is 0 Å². The lowest BCUT2D eigenvalue weighted by Gasteiger charge is -2.45. The van der Waals surface area contributed by atoms with Gasteiger partial charge in [-0.15, -0.1) is 6.58 Å². The number of hydrogen-bond acceptors (Lipinski definition) is 1. The van der Waals surface area contributed by atoms with Gasteiger partial charge in [0.2, 0.25) is 0 Å². The Morgan fingerprint density at radius 1 is 1.41 bits per heavy atom. The van der Waals surface area contributed by atoms with Crippen LogP contribution in [0.5, 0.6) is 0 Å². The van der Waals surface area contributed by atoms with E-state index in [1.54, 1.807) is 0 Å². The lowest BCUT2D eigenvalue weighted by Crippen LogP contribution is -2.47. The van der Waals surface area contributed by atoms with E-state index >= 15 is 0 Å². The van der Waals surface area contributed by atoms with E-state index in [1.807, 2.05) is 6.08 Å². The highest BCUT2D eigenvalue weighted by atomic mass is 15.1. The van der Waals surface area contributed by atoms with Crippen LogP contribution in [0, 0.1) is 5.92 Å². The molecule has 1 aliphatic rings. The van der Waals surface area contributed by atoms with Crippen LogP contribution in [0.15, 0.2) is 43.0 Å². The van der Waals surface area contributed by atoms with E-state index in [1.165, 1.54) is 25.1 Å². The average Bonchev–Trinajstić information content (AvgIpc) is 2.35. The molecule has 0 aliphatic carbocycles. The Hall–Kier alpha value is -1.08. The minimum absolute atomic E-state index is 0.332. The van der Waals surface area contributed by atoms with Crippen LogP contribution in [0.2, 0.25) is 0 Å². The molecule has 1 heterocycles. The second-order valence-corrected chi connectivity index (χ2v) is 5.48. The van der Waals surface area contributed by atoms with E-state index in [2.05, 4.69) is 55.7 Å². The molecule has 17 heavy (non-hydrogen) atoms. The molecule has 0 spiro atoms. The molecule has 0 radical (unpaired) electrons. The van der Waals surface area contributed by atoms with Gasteiger partial charge in [-0.25, -0.2) is 0 Å². The van der Waals surface area contributed by atoms with Crippen LogP contribution < -0.4 is 0 Å². The molecule has 1 aromatic rings. The fourth-order valence-corrected chi connectivity index (χ4v) is 2.91. The summed E-state index contributed by atoms with van der Waals surface area (Å²) >= 11 is 0. The van der Waals surface area contributed by atoms with Gasteiger partial charge in [0.15, 0.2) is 0 Å². The highest BCUT2D eigenvalue weighted by Crippen LogP contribution is 2.38. The zero-order valence-corrected chi connectivity index (χ0v) is 11.0. The molecule has 1 aliphatic heterocycles. The number of piperidine rings is 1. The number of likely N-dealkylation sites (tertiary alicyclic amines) is 1. The van der Waals surface area contributed by atoms with Crippen LogP contribution in [-0.2, 0) is 5.41 Å². The van der Waals surface area contributed by atoms with Gasteiger partial charge in [-0.2, -0.15) is 0 Å². The summed E-state index contributed by atoms with van der Waals surface area (Å²) in [7, 11) is 0. The molecular formula is C16H23N. The van der Waals surface area contributed by atoms with Gasteiger partial charge in [-0.05, 0) is 29.9 Å². The Morgan fingerprint density at radius 2 is 2.12 bits per heavy atom. The first-order valence-electron chi connectivity index (χ1n) is 6.55. The van der Waals surface area contributed by atoms with Crippen molar-refractivity contribution in [2.45, 2.75) is 25.7 Å². The van der Waals surface area contributed by atoms with Crippen molar-refractivity contribution in [1.82, 2.24) is 4.90 Å². The van der Waals surface area contributed by atoms with Gasteiger partial charge in [0.05, 0.1) is 0 Å². The van der Waals surface area contributed by atoms with Gasteiger partial charge >= 0.3 is 0 Å². The van der Waals surface area contributed by atoms with E-state index in [0.29, 0.717) is 11.3 Å². The third-order valence-electron chi connectivity index (χ3n) is 4.39. The first-order valence-corrected chi connectivity index (χ1v) is 6.55. The van der Waals surface area contributed by atoms with Gasteiger partial charge in [0.25, 0.3) is 0 Å². The standard InChI is InChI=1S/C16H23N/c1-4-11-17-12-10-16(3,14(2)13-17)15-8-6-5-7-9-15/h4-9,14H,1,10-13H2,2-3H3/t14-,16+/m0/s1. The maximum absolute atomic E-state index is 3.83. The molecule has 0 bridgehead atoms. The highest BCUT2D eigenvalue weighted by molar-refractivity contribution is 5.26. The molecule has 1 nitrogen and oxygen atoms in total. The van der Waals surface area contributed by atoms with Crippen molar-refractivity contribution in [3.05, 3.63) is 48.6 Å². The molecule has 2 atom stereocenters. The SMILES string of the molecule is C=CCN1CC[C@@](C)(c2ccccc2)[C@@H](C)C1. The van der Waals surface area contributed by atoms with Crippen molar-refractivity contribution in [3.63, 3.8) is 0 Å². The molecule has 0 N–H and O–H groups in total. The summed E-state index contributed by atoms with van der Waals surface area (Å²) in [6.07, 6.45) is 3.25. The van der Waals surface area contributed by atoms with Gasteiger partial charge < -0.3 is 0 Å². The number of hydrogen-bond donors (Lipinski definition) is 0. The molecule has 0 saturated carbocycles. The molecule has 0 aromatic heterocycles. The topological polar surface area (TPSA) is 3.24 Å². The summed E-state index contributed by atoms with van der Waals surface area (Å²) < 4.78 is 0. The smallest absolute Gasteiger partial charge is 0.0160 e. The predicted octanol–water partition coefficient (Wildman–Crippen LogP) is 3.47. The maximum Gasteiger partial charge on any atom is 0.0160 e. The van der Waals surface area contributed by atoms with Crippen molar-refractivity contribution < 1.29 is 0 Å². The summed E-state index contributed by atoms with van der Waals surface area (Å²) in [5, 5.41) is 0. The van der Waals surface area contributed by atoms with Crippen molar-refractivity contribution >= 4 is 0 Å². The zero-order valence-electron chi connectivity index (χ0n) is 11.0. The first kappa shape index (κ1) is 12.4. The van der Waals surface area contributed by atoms with E-state index in [0.717, 1.165) is 6.54 Å². The molecule has 2 rings (SSSR count). The zero-order chi connectivity index (χ0) is 12.3. The van der Waals surface area contributed by atoms with E-state index in [-0.39, 0.29) is 0 Å². The second kappa shape index (κ2) is 5.05.